The zero-order valence-corrected chi connectivity index (χ0v) is 37.0. The van der Waals surface area contributed by atoms with Gasteiger partial charge in [0, 0.05) is 40.7 Å². The Morgan fingerprint density at radius 1 is 0.807 bits per heavy atom. The van der Waals surface area contributed by atoms with Crippen molar-refractivity contribution < 1.29 is 33.3 Å². The third-order valence-electron chi connectivity index (χ3n) is 9.95. The number of piperazine rings is 1. The van der Waals surface area contributed by atoms with Crippen molar-refractivity contribution in [1.29, 1.82) is 0 Å². The van der Waals surface area contributed by atoms with Crippen LogP contribution in [0.25, 0.3) is 5.57 Å². The van der Waals surface area contributed by atoms with Crippen LogP contribution in [0, 0.1) is 0 Å². The average Bonchev–Trinajstić information content (AvgIpc) is 3.97. The van der Waals surface area contributed by atoms with E-state index in [1.165, 1.54) is 18.7 Å². The van der Waals surface area contributed by atoms with E-state index < -0.39 is 39.3 Å². The zero-order chi connectivity index (χ0) is 41.3. The molecule has 3 aromatic carbocycles. The molecule has 1 saturated carbocycles. The summed E-state index contributed by atoms with van der Waals surface area (Å²) in [4.78, 5) is 48.1. The Bertz CT molecular complexity index is 1980. The molecule has 2 heterocycles. The van der Waals surface area contributed by atoms with Crippen LogP contribution in [0.2, 0.25) is 5.02 Å². The number of benzene rings is 3. The lowest BCUT2D eigenvalue weighted by molar-refractivity contribution is -0.129. The van der Waals surface area contributed by atoms with Gasteiger partial charge in [-0.1, -0.05) is 92.7 Å². The molecule has 10 nitrogen and oxygen atoms in total. The van der Waals surface area contributed by atoms with E-state index in [-0.39, 0.29) is 38.0 Å². The number of hydrogen-bond acceptors (Lipinski definition) is 7. The molecular formula is C42H46BrCl4N3O7. The lowest BCUT2D eigenvalue weighted by atomic mass is 9.81. The second-order valence-electron chi connectivity index (χ2n) is 15.9. The van der Waals surface area contributed by atoms with Gasteiger partial charge in [0.1, 0.15) is 30.3 Å². The largest absolute Gasteiger partial charge is 0.490 e. The van der Waals surface area contributed by atoms with Gasteiger partial charge in [-0.25, -0.2) is 9.59 Å². The highest BCUT2D eigenvalue weighted by molar-refractivity contribution is 9.10. The minimum absolute atomic E-state index is 0.0371. The Kier molecular flexibility index (Phi) is 13.3. The normalized spacial score (nSPS) is 18.6. The van der Waals surface area contributed by atoms with E-state index in [0.717, 1.165) is 39.8 Å². The van der Waals surface area contributed by atoms with Crippen molar-refractivity contribution in [3.05, 3.63) is 99.0 Å². The Morgan fingerprint density at radius 2 is 1.40 bits per heavy atom. The Balaban J connectivity index is 1.37. The van der Waals surface area contributed by atoms with Crippen LogP contribution in [0.4, 0.5) is 9.59 Å². The van der Waals surface area contributed by atoms with Crippen LogP contribution >= 0.6 is 62.3 Å². The van der Waals surface area contributed by atoms with E-state index in [1.807, 2.05) is 71.6 Å². The summed E-state index contributed by atoms with van der Waals surface area (Å²) in [6, 6.07) is 20.9. The SMILES string of the molecule is CC(C)(C)OC(=O)N1CC2CC(c3ccc(OCCOc4ccc(Br)cc4)cc3)=C(C(=O)N(Cc3ccccc3Cl)C3CC3)C(C1)N2C(=O)OC(C)(C)C(Cl)(Cl)Cl. The lowest BCUT2D eigenvalue weighted by Crippen LogP contribution is -2.66. The number of halogens is 5. The van der Waals surface area contributed by atoms with Gasteiger partial charge in [-0.15, -0.1) is 0 Å². The number of amides is 3. The molecule has 2 fully saturated rings. The number of rotatable bonds is 11. The highest BCUT2D eigenvalue weighted by atomic mass is 79.9. The standard InChI is InChI=1S/C42H46BrCl4N3O7/c1-40(2,3)56-38(52)48-24-30-22-33(26-10-16-31(17-11-26)54-20-21-55-32-18-12-28(43)13-19-32)36(35(25-48)50(30)39(53)57-41(4,5)42(45,46)47)37(51)49(29-14-15-29)23-27-8-6-7-9-34(27)44/h6-13,16-19,29-30,35H,14-15,20-25H2,1-5H3. The zero-order valence-electron chi connectivity index (χ0n) is 32.4. The molecule has 15 heteroatoms. The number of carbonyl (C=O) groups excluding carboxylic acids is 3. The Labute approximate surface area is 362 Å². The number of fused-ring (bicyclic) bond motifs is 2. The molecule has 0 radical (unpaired) electrons. The van der Waals surface area contributed by atoms with Crippen molar-refractivity contribution in [3.8, 4) is 11.5 Å². The Morgan fingerprint density at radius 3 is 1.96 bits per heavy atom. The minimum atomic E-state index is -1.96. The summed E-state index contributed by atoms with van der Waals surface area (Å²) in [5.41, 5.74) is 0.368. The van der Waals surface area contributed by atoms with Gasteiger partial charge in [0.25, 0.3) is 5.91 Å². The van der Waals surface area contributed by atoms with Gasteiger partial charge in [-0.3, -0.25) is 9.69 Å². The molecule has 2 atom stereocenters. The molecule has 1 aliphatic carbocycles. The highest BCUT2D eigenvalue weighted by Crippen LogP contribution is 2.45. The maximum Gasteiger partial charge on any atom is 0.411 e. The van der Waals surface area contributed by atoms with Gasteiger partial charge in [-0.2, -0.15) is 0 Å². The van der Waals surface area contributed by atoms with Crippen molar-refractivity contribution in [2.24, 2.45) is 0 Å². The quantitative estimate of drug-likeness (QED) is 0.140. The molecule has 3 aromatic rings. The van der Waals surface area contributed by atoms with Gasteiger partial charge in [-0.05, 0) is 113 Å². The first-order valence-electron chi connectivity index (χ1n) is 18.8. The molecular weight excluding hydrogens is 880 g/mol. The first-order chi connectivity index (χ1) is 26.8. The lowest BCUT2D eigenvalue weighted by Gasteiger charge is -2.51. The first-order valence-corrected chi connectivity index (χ1v) is 21.1. The van der Waals surface area contributed by atoms with Crippen LogP contribution in [0.5, 0.6) is 11.5 Å². The number of alkyl halides is 3. The van der Waals surface area contributed by atoms with Crippen molar-refractivity contribution in [2.45, 2.75) is 93.5 Å². The molecule has 3 aliphatic rings. The fraction of sp³-hybridized carbons (Fsp3) is 0.452. The molecule has 6 rings (SSSR count). The first kappa shape index (κ1) is 43.2. The molecule has 0 N–H and O–H groups in total. The van der Waals surface area contributed by atoms with Crippen molar-refractivity contribution in [1.82, 2.24) is 14.7 Å². The maximum atomic E-state index is 15.3. The smallest absolute Gasteiger partial charge is 0.411 e. The molecule has 306 valence electrons. The second kappa shape index (κ2) is 17.5. The number of nitrogens with zero attached hydrogens (tertiary/aromatic N) is 3. The molecule has 0 spiro atoms. The third-order valence-corrected chi connectivity index (χ3v) is 12.2. The van der Waals surface area contributed by atoms with Gasteiger partial charge in [0.05, 0.1) is 12.1 Å². The monoisotopic (exact) mass is 923 g/mol. The predicted molar refractivity (Wildman–Crippen MR) is 226 cm³/mol. The van der Waals surface area contributed by atoms with Crippen molar-refractivity contribution >= 4 is 86.0 Å². The van der Waals surface area contributed by atoms with Crippen LogP contribution in [-0.2, 0) is 20.8 Å². The van der Waals surface area contributed by atoms with Gasteiger partial charge in [0.2, 0.25) is 3.79 Å². The summed E-state index contributed by atoms with van der Waals surface area (Å²) >= 11 is 28.8. The topological polar surface area (TPSA) is 97.8 Å². The second-order valence-corrected chi connectivity index (χ2v) is 19.5. The average molecular weight is 927 g/mol. The number of ether oxygens (including phenoxy) is 4. The van der Waals surface area contributed by atoms with Crippen LogP contribution in [0.3, 0.4) is 0 Å². The number of hydrogen-bond donors (Lipinski definition) is 0. The molecule has 57 heavy (non-hydrogen) atoms. The van der Waals surface area contributed by atoms with Crippen LogP contribution in [0.1, 0.15) is 65.0 Å². The molecule has 1 saturated heterocycles. The van der Waals surface area contributed by atoms with E-state index in [2.05, 4.69) is 15.9 Å². The van der Waals surface area contributed by atoms with Gasteiger partial charge < -0.3 is 28.7 Å². The van der Waals surface area contributed by atoms with E-state index in [4.69, 9.17) is 65.4 Å². The van der Waals surface area contributed by atoms with E-state index >= 15 is 4.79 Å². The summed E-state index contributed by atoms with van der Waals surface area (Å²) in [7, 11) is 0. The summed E-state index contributed by atoms with van der Waals surface area (Å²) in [5, 5.41) is 0.541. The van der Waals surface area contributed by atoms with E-state index in [9.17, 15) is 9.59 Å². The Hall–Kier alpha value is -3.35. The fourth-order valence-corrected chi connectivity index (χ4v) is 7.43. The summed E-state index contributed by atoms with van der Waals surface area (Å²) in [6.45, 7) is 9.36. The van der Waals surface area contributed by atoms with E-state index in [0.29, 0.717) is 29.6 Å². The molecule has 0 aromatic heterocycles. The van der Waals surface area contributed by atoms with Crippen LogP contribution in [-0.4, -0.2) is 92.2 Å². The van der Waals surface area contributed by atoms with E-state index in [1.54, 1.807) is 31.7 Å². The predicted octanol–water partition coefficient (Wildman–Crippen LogP) is 10.5. The minimum Gasteiger partial charge on any atom is -0.490 e. The van der Waals surface area contributed by atoms with Gasteiger partial charge in [0.15, 0.2) is 5.60 Å². The van der Waals surface area contributed by atoms with Crippen molar-refractivity contribution in [2.75, 3.05) is 26.3 Å². The number of carbonyl (C=O) groups is 3. The van der Waals surface area contributed by atoms with Crippen molar-refractivity contribution in [3.63, 3.8) is 0 Å². The van der Waals surface area contributed by atoms with Gasteiger partial charge >= 0.3 is 12.2 Å². The maximum absolute atomic E-state index is 15.3. The summed E-state index contributed by atoms with van der Waals surface area (Å²) < 4.78 is 22.5. The fourth-order valence-electron chi connectivity index (χ4n) is 6.85. The third kappa shape index (κ3) is 10.6. The molecule has 2 unspecified atom stereocenters. The molecule has 2 aliphatic heterocycles. The molecule has 3 amide bonds. The highest BCUT2D eigenvalue weighted by Gasteiger charge is 2.53. The molecule has 2 bridgehead atoms. The van der Waals surface area contributed by atoms with Crippen LogP contribution < -0.4 is 9.47 Å². The summed E-state index contributed by atoms with van der Waals surface area (Å²) in [5.74, 6) is 1.08. The summed E-state index contributed by atoms with van der Waals surface area (Å²) in [6.07, 6.45) is 0.524. The van der Waals surface area contributed by atoms with Crippen LogP contribution in [0.15, 0.2) is 82.8 Å².